The minimum absolute atomic E-state index is 0.362. The Balaban J connectivity index is 2.28. The van der Waals surface area contributed by atoms with Gasteiger partial charge in [-0.1, -0.05) is 30.3 Å². The molecule has 0 aliphatic rings. The molecule has 0 radical (unpaired) electrons. The first-order valence-corrected chi connectivity index (χ1v) is 5.66. The molecule has 0 unspecified atom stereocenters. The van der Waals surface area contributed by atoms with Crippen molar-refractivity contribution in [1.82, 2.24) is 0 Å². The van der Waals surface area contributed by atoms with E-state index in [4.69, 9.17) is 0 Å². The quantitative estimate of drug-likeness (QED) is 0.374. The molecule has 2 nitrogen and oxygen atoms in total. The number of hydrogen-bond donors (Lipinski definition) is 0. The van der Waals surface area contributed by atoms with Gasteiger partial charge in [0, 0.05) is 0 Å². The SMILES string of the molecule is O=C(OCc1ccccc1)c1c(F)c(F)c(F)c(F)c1F. The molecule has 0 heterocycles. The number of ether oxygens (including phenoxy) is 1. The summed E-state index contributed by atoms with van der Waals surface area (Å²) in [5, 5.41) is 0. The Labute approximate surface area is 115 Å². The predicted molar refractivity (Wildman–Crippen MR) is 61.8 cm³/mol. The molecular weight excluding hydrogens is 295 g/mol. The van der Waals surface area contributed by atoms with Gasteiger partial charge in [0.2, 0.25) is 5.82 Å². The Morgan fingerprint density at radius 2 is 1.29 bits per heavy atom. The van der Waals surface area contributed by atoms with Gasteiger partial charge in [0.05, 0.1) is 0 Å². The fraction of sp³-hybridized carbons (Fsp3) is 0.0714. The van der Waals surface area contributed by atoms with Crippen LogP contribution in [0.25, 0.3) is 0 Å². The lowest BCUT2D eigenvalue weighted by atomic mass is 10.1. The molecular formula is C14H7F5O2. The molecule has 0 spiro atoms. The Bertz CT molecular complexity index is 657. The van der Waals surface area contributed by atoms with Crippen molar-refractivity contribution in [2.45, 2.75) is 6.61 Å². The van der Waals surface area contributed by atoms with Gasteiger partial charge in [-0.05, 0) is 5.56 Å². The lowest BCUT2D eigenvalue weighted by molar-refractivity contribution is 0.0458. The van der Waals surface area contributed by atoms with E-state index in [1.165, 1.54) is 0 Å². The van der Waals surface area contributed by atoms with Crippen molar-refractivity contribution in [1.29, 1.82) is 0 Å². The summed E-state index contributed by atoms with van der Waals surface area (Å²) in [6.45, 7) is -0.362. The van der Waals surface area contributed by atoms with Gasteiger partial charge in [0.25, 0.3) is 0 Å². The van der Waals surface area contributed by atoms with Crippen LogP contribution in [0.1, 0.15) is 15.9 Å². The van der Waals surface area contributed by atoms with E-state index < -0.39 is 40.6 Å². The van der Waals surface area contributed by atoms with Crippen molar-refractivity contribution in [3.8, 4) is 0 Å². The second-order valence-corrected chi connectivity index (χ2v) is 4.01. The molecule has 0 saturated heterocycles. The second kappa shape index (κ2) is 5.90. The highest BCUT2D eigenvalue weighted by Crippen LogP contribution is 2.23. The molecule has 0 aliphatic heterocycles. The average Bonchev–Trinajstić information content (AvgIpc) is 2.50. The van der Waals surface area contributed by atoms with Crippen LogP contribution in [-0.4, -0.2) is 5.97 Å². The molecule has 0 saturated carbocycles. The van der Waals surface area contributed by atoms with Gasteiger partial charge >= 0.3 is 5.97 Å². The zero-order valence-corrected chi connectivity index (χ0v) is 10.3. The summed E-state index contributed by atoms with van der Waals surface area (Å²) in [4.78, 5) is 11.5. The van der Waals surface area contributed by atoms with Gasteiger partial charge < -0.3 is 4.74 Å². The monoisotopic (exact) mass is 302 g/mol. The first kappa shape index (κ1) is 15.0. The minimum atomic E-state index is -2.33. The van der Waals surface area contributed by atoms with Gasteiger partial charge in [0.1, 0.15) is 12.2 Å². The molecule has 2 aromatic rings. The fourth-order valence-electron chi connectivity index (χ4n) is 1.58. The van der Waals surface area contributed by atoms with E-state index in [1.807, 2.05) is 0 Å². The summed E-state index contributed by atoms with van der Waals surface area (Å²) >= 11 is 0. The first-order chi connectivity index (χ1) is 9.93. The van der Waals surface area contributed by atoms with Gasteiger partial charge in [0.15, 0.2) is 23.3 Å². The number of esters is 1. The van der Waals surface area contributed by atoms with Crippen LogP contribution in [0.5, 0.6) is 0 Å². The van der Waals surface area contributed by atoms with E-state index in [-0.39, 0.29) is 6.61 Å². The zero-order chi connectivity index (χ0) is 15.6. The normalized spacial score (nSPS) is 10.5. The topological polar surface area (TPSA) is 26.3 Å². The van der Waals surface area contributed by atoms with Crippen LogP contribution in [0.15, 0.2) is 30.3 Å². The van der Waals surface area contributed by atoms with Crippen molar-refractivity contribution in [2.75, 3.05) is 0 Å². The summed E-state index contributed by atoms with van der Waals surface area (Å²) in [7, 11) is 0. The van der Waals surface area contributed by atoms with E-state index in [0.29, 0.717) is 5.56 Å². The smallest absolute Gasteiger partial charge is 0.344 e. The minimum Gasteiger partial charge on any atom is -0.457 e. The van der Waals surface area contributed by atoms with Crippen molar-refractivity contribution in [3.05, 3.63) is 70.5 Å². The Kier molecular flexibility index (Phi) is 4.21. The molecule has 0 amide bonds. The molecule has 0 bridgehead atoms. The van der Waals surface area contributed by atoms with E-state index in [9.17, 15) is 26.7 Å². The summed E-state index contributed by atoms with van der Waals surface area (Å²) in [5.41, 5.74) is -1.11. The van der Waals surface area contributed by atoms with E-state index >= 15 is 0 Å². The molecule has 0 fully saturated rings. The Morgan fingerprint density at radius 1 is 0.810 bits per heavy atom. The van der Waals surface area contributed by atoms with Crippen LogP contribution in [0.3, 0.4) is 0 Å². The molecule has 2 aromatic carbocycles. The summed E-state index contributed by atoms with van der Waals surface area (Å²) in [6, 6.07) is 8.07. The van der Waals surface area contributed by atoms with Gasteiger partial charge in [-0.3, -0.25) is 0 Å². The largest absolute Gasteiger partial charge is 0.457 e. The Morgan fingerprint density at radius 3 is 1.81 bits per heavy atom. The number of carbonyl (C=O) groups is 1. The van der Waals surface area contributed by atoms with Crippen LogP contribution in [0.4, 0.5) is 22.0 Å². The van der Waals surface area contributed by atoms with E-state index in [0.717, 1.165) is 0 Å². The average molecular weight is 302 g/mol. The van der Waals surface area contributed by atoms with Crippen molar-refractivity contribution < 1.29 is 31.5 Å². The molecule has 0 N–H and O–H groups in total. The number of rotatable bonds is 3. The van der Waals surface area contributed by atoms with Crippen LogP contribution >= 0.6 is 0 Å². The molecule has 0 aromatic heterocycles. The molecule has 0 atom stereocenters. The highest BCUT2D eigenvalue weighted by atomic mass is 19.2. The third-order valence-corrected chi connectivity index (χ3v) is 2.63. The third kappa shape index (κ3) is 2.86. The van der Waals surface area contributed by atoms with Crippen molar-refractivity contribution in [3.63, 3.8) is 0 Å². The lowest BCUT2D eigenvalue weighted by Gasteiger charge is -2.08. The first-order valence-electron chi connectivity index (χ1n) is 5.66. The lowest BCUT2D eigenvalue weighted by Crippen LogP contribution is -2.15. The molecule has 0 aliphatic carbocycles. The van der Waals surface area contributed by atoms with Crippen LogP contribution in [0.2, 0.25) is 0 Å². The van der Waals surface area contributed by atoms with E-state index in [2.05, 4.69) is 4.74 Å². The highest BCUT2D eigenvalue weighted by Gasteiger charge is 2.30. The van der Waals surface area contributed by atoms with Crippen LogP contribution < -0.4 is 0 Å². The zero-order valence-electron chi connectivity index (χ0n) is 10.3. The molecule has 2 rings (SSSR count). The summed E-state index contributed by atoms with van der Waals surface area (Å²) in [5.74, 6) is -12.8. The maximum absolute atomic E-state index is 13.4. The van der Waals surface area contributed by atoms with Gasteiger partial charge in [-0.2, -0.15) is 0 Å². The number of benzene rings is 2. The number of hydrogen-bond acceptors (Lipinski definition) is 2. The summed E-state index contributed by atoms with van der Waals surface area (Å²) in [6.07, 6.45) is 0. The van der Waals surface area contributed by atoms with Crippen LogP contribution in [-0.2, 0) is 11.3 Å². The maximum atomic E-state index is 13.4. The maximum Gasteiger partial charge on any atom is 0.344 e. The standard InChI is InChI=1S/C14H7F5O2/c15-9-8(10(16)12(18)13(19)11(9)17)14(20)21-6-7-4-2-1-3-5-7/h1-5H,6H2. The van der Waals surface area contributed by atoms with E-state index in [1.54, 1.807) is 30.3 Å². The number of halogens is 5. The number of carbonyl (C=O) groups excluding carboxylic acids is 1. The Hall–Kier alpha value is -2.44. The van der Waals surface area contributed by atoms with Crippen molar-refractivity contribution in [2.24, 2.45) is 0 Å². The summed E-state index contributed by atoms with van der Waals surface area (Å²) < 4.78 is 70.0. The molecule has 21 heavy (non-hydrogen) atoms. The fourth-order valence-corrected chi connectivity index (χ4v) is 1.58. The highest BCUT2D eigenvalue weighted by molar-refractivity contribution is 5.90. The van der Waals surface area contributed by atoms with Crippen molar-refractivity contribution >= 4 is 5.97 Å². The third-order valence-electron chi connectivity index (χ3n) is 2.63. The molecule has 110 valence electrons. The predicted octanol–water partition coefficient (Wildman–Crippen LogP) is 3.74. The van der Waals surface area contributed by atoms with Crippen LogP contribution in [0, 0.1) is 29.1 Å². The molecule has 7 heteroatoms. The van der Waals surface area contributed by atoms with Gasteiger partial charge in [-0.15, -0.1) is 0 Å². The van der Waals surface area contributed by atoms with Gasteiger partial charge in [-0.25, -0.2) is 26.7 Å². The second-order valence-electron chi connectivity index (χ2n) is 4.01.